The molecule has 4 N–H and O–H groups in total. The third-order valence-corrected chi connectivity index (χ3v) is 3.59. The van der Waals surface area contributed by atoms with Gasteiger partial charge >= 0.3 is 5.97 Å². The van der Waals surface area contributed by atoms with Crippen LogP contribution in [-0.2, 0) is 14.3 Å². The Labute approximate surface area is 124 Å². The van der Waals surface area contributed by atoms with Crippen LogP contribution in [-0.4, -0.2) is 63.7 Å². The maximum Gasteiger partial charge on any atom is 0.335 e. The van der Waals surface area contributed by atoms with Crippen molar-refractivity contribution in [2.24, 2.45) is 0 Å². The number of hydrogen-bond donors (Lipinski definition) is 4. The number of aliphatic hydroxyl groups excluding tert-OH is 3. The van der Waals surface area contributed by atoms with Crippen LogP contribution < -0.4 is 0 Å². The summed E-state index contributed by atoms with van der Waals surface area (Å²) in [6.45, 7) is 2.45. The monoisotopic (exact) mass is 306 g/mol. The number of carbonyl (C=O) groups is 1. The number of ether oxygens (including phenoxy) is 2. The zero-order chi connectivity index (χ0) is 15.8. The summed E-state index contributed by atoms with van der Waals surface area (Å²) >= 11 is 0. The van der Waals surface area contributed by atoms with Gasteiger partial charge in [-0.1, -0.05) is 39.0 Å². The van der Waals surface area contributed by atoms with Crippen LogP contribution in [0.3, 0.4) is 0 Å². The number of unbranched alkanes of at least 4 members (excludes halogenated alkanes) is 5. The first-order valence-electron chi connectivity index (χ1n) is 7.53. The standard InChI is InChI=1S/C14H26O7/c1-2-3-4-5-6-7-8-20-14-11(17)9(15)10(16)12(21-14)13(18)19/h9-12,14-17H,2-8H2,1H3,(H,18,19)/t9-,10-,11+,12-,14+/m0/s1. The van der Waals surface area contributed by atoms with E-state index in [0.717, 1.165) is 19.3 Å². The van der Waals surface area contributed by atoms with Crippen LogP contribution in [0, 0.1) is 0 Å². The molecule has 1 fully saturated rings. The summed E-state index contributed by atoms with van der Waals surface area (Å²) in [5, 5.41) is 37.7. The molecule has 0 amide bonds. The predicted octanol–water partition coefficient (Wildman–Crippen LogP) is 0.256. The Bertz CT molecular complexity index is 310. The van der Waals surface area contributed by atoms with Crippen molar-refractivity contribution >= 4 is 5.97 Å². The molecule has 1 rings (SSSR count). The van der Waals surface area contributed by atoms with Gasteiger partial charge in [0.25, 0.3) is 0 Å². The number of carboxylic acid groups (broad SMARTS) is 1. The fraction of sp³-hybridized carbons (Fsp3) is 0.929. The number of rotatable bonds is 9. The molecule has 0 saturated carbocycles. The number of aliphatic hydroxyl groups is 3. The largest absolute Gasteiger partial charge is 0.479 e. The lowest BCUT2D eigenvalue weighted by Gasteiger charge is -2.38. The normalized spacial score (nSPS) is 33.0. The van der Waals surface area contributed by atoms with E-state index in [2.05, 4.69) is 6.92 Å². The lowest BCUT2D eigenvalue weighted by Crippen LogP contribution is -2.60. The highest BCUT2D eigenvalue weighted by atomic mass is 16.7. The average Bonchev–Trinajstić information content (AvgIpc) is 2.45. The van der Waals surface area contributed by atoms with Gasteiger partial charge in [-0.2, -0.15) is 0 Å². The van der Waals surface area contributed by atoms with Crippen molar-refractivity contribution in [3.8, 4) is 0 Å². The molecule has 1 saturated heterocycles. The Morgan fingerprint density at radius 2 is 1.62 bits per heavy atom. The molecule has 21 heavy (non-hydrogen) atoms. The van der Waals surface area contributed by atoms with Crippen LogP contribution in [0.4, 0.5) is 0 Å². The first-order valence-corrected chi connectivity index (χ1v) is 7.53. The molecule has 0 spiro atoms. The Hall–Kier alpha value is -0.730. The van der Waals surface area contributed by atoms with Crippen molar-refractivity contribution in [2.75, 3.05) is 6.61 Å². The van der Waals surface area contributed by atoms with Crippen LogP contribution in [0.15, 0.2) is 0 Å². The molecule has 0 aromatic rings. The maximum absolute atomic E-state index is 10.9. The lowest BCUT2D eigenvalue weighted by atomic mass is 9.99. The van der Waals surface area contributed by atoms with E-state index in [1.165, 1.54) is 19.3 Å². The Kier molecular flexibility index (Phi) is 8.13. The highest BCUT2D eigenvalue weighted by Gasteiger charge is 2.47. The van der Waals surface area contributed by atoms with Gasteiger partial charge < -0.3 is 29.9 Å². The minimum absolute atomic E-state index is 0.309. The van der Waals surface area contributed by atoms with Crippen molar-refractivity contribution in [3.05, 3.63) is 0 Å². The second-order valence-electron chi connectivity index (χ2n) is 5.37. The smallest absolute Gasteiger partial charge is 0.335 e. The van der Waals surface area contributed by atoms with Gasteiger partial charge in [0, 0.05) is 6.61 Å². The van der Waals surface area contributed by atoms with Crippen molar-refractivity contribution in [3.63, 3.8) is 0 Å². The van der Waals surface area contributed by atoms with E-state index in [4.69, 9.17) is 14.6 Å². The van der Waals surface area contributed by atoms with Crippen molar-refractivity contribution < 1.29 is 34.7 Å². The van der Waals surface area contributed by atoms with Gasteiger partial charge in [0.1, 0.15) is 18.3 Å². The highest BCUT2D eigenvalue weighted by Crippen LogP contribution is 2.22. The van der Waals surface area contributed by atoms with Crippen molar-refractivity contribution in [1.29, 1.82) is 0 Å². The van der Waals surface area contributed by atoms with Gasteiger partial charge in [-0.3, -0.25) is 0 Å². The SMILES string of the molecule is CCCCCCCCO[C@@H]1O[C@H](C(=O)O)[C@@H](O)[C@H](O)[C@H]1O. The number of aliphatic carboxylic acids is 1. The fourth-order valence-electron chi connectivity index (χ4n) is 2.27. The number of hydrogen-bond acceptors (Lipinski definition) is 6. The fourth-order valence-corrected chi connectivity index (χ4v) is 2.27. The predicted molar refractivity (Wildman–Crippen MR) is 73.6 cm³/mol. The molecule has 1 aliphatic rings. The van der Waals surface area contributed by atoms with Gasteiger partial charge in [0.05, 0.1) is 0 Å². The van der Waals surface area contributed by atoms with Crippen LogP contribution in [0.25, 0.3) is 0 Å². The molecule has 0 aliphatic carbocycles. The summed E-state index contributed by atoms with van der Waals surface area (Å²) in [5.41, 5.74) is 0. The first-order chi connectivity index (χ1) is 9.99. The molecule has 0 aromatic carbocycles. The second kappa shape index (κ2) is 9.32. The highest BCUT2D eigenvalue weighted by molar-refractivity contribution is 5.73. The van der Waals surface area contributed by atoms with E-state index in [1.54, 1.807) is 0 Å². The lowest BCUT2D eigenvalue weighted by molar-refractivity contribution is -0.294. The molecule has 1 aliphatic heterocycles. The Morgan fingerprint density at radius 1 is 1.00 bits per heavy atom. The van der Waals surface area contributed by atoms with Crippen molar-refractivity contribution in [1.82, 2.24) is 0 Å². The Balaban J connectivity index is 2.31. The molecule has 124 valence electrons. The van der Waals surface area contributed by atoms with Gasteiger partial charge in [-0.05, 0) is 6.42 Å². The summed E-state index contributed by atoms with van der Waals surface area (Å²) in [4.78, 5) is 10.9. The minimum Gasteiger partial charge on any atom is -0.479 e. The van der Waals surface area contributed by atoms with E-state index in [9.17, 15) is 20.1 Å². The summed E-state index contributed by atoms with van der Waals surface area (Å²) < 4.78 is 10.3. The van der Waals surface area contributed by atoms with Gasteiger partial charge in [0.2, 0.25) is 0 Å². The van der Waals surface area contributed by atoms with E-state index in [0.29, 0.717) is 6.61 Å². The van der Waals surface area contributed by atoms with Gasteiger partial charge in [-0.25, -0.2) is 4.79 Å². The molecular formula is C14H26O7. The summed E-state index contributed by atoms with van der Waals surface area (Å²) in [6, 6.07) is 0. The van der Waals surface area contributed by atoms with Crippen molar-refractivity contribution in [2.45, 2.75) is 76.2 Å². The third-order valence-electron chi connectivity index (χ3n) is 3.59. The molecule has 0 radical (unpaired) electrons. The second-order valence-corrected chi connectivity index (χ2v) is 5.37. The Morgan fingerprint density at radius 3 is 2.24 bits per heavy atom. The topological polar surface area (TPSA) is 116 Å². The maximum atomic E-state index is 10.9. The minimum atomic E-state index is -1.67. The molecule has 5 atom stereocenters. The van der Waals surface area contributed by atoms with Crippen LogP contribution >= 0.6 is 0 Å². The quantitative estimate of drug-likeness (QED) is 0.451. The molecule has 7 nitrogen and oxygen atoms in total. The summed E-state index contributed by atoms with van der Waals surface area (Å²) in [5.74, 6) is -1.40. The van der Waals surface area contributed by atoms with E-state index >= 15 is 0 Å². The van der Waals surface area contributed by atoms with E-state index in [-0.39, 0.29) is 0 Å². The van der Waals surface area contributed by atoms with Gasteiger partial charge in [0.15, 0.2) is 12.4 Å². The molecular weight excluding hydrogens is 280 g/mol. The van der Waals surface area contributed by atoms with Crippen LogP contribution in [0.2, 0.25) is 0 Å². The van der Waals surface area contributed by atoms with E-state index < -0.39 is 36.7 Å². The molecule has 7 heteroatoms. The summed E-state index contributed by atoms with van der Waals surface area (Å²) in [6.07, 6.45) is -1.17. The number of carboxylic acids is 1. The van der Waals surface area contributed by atoms with Gasteiger partial charge in [-0.15, -0.1) is 0 Å². The average molecular weight is 306 g/mol. The molecule has 1 heterocycles. The molecule has 0 bridgehead atoms. The third kappa shape index (κ3) is 5.52. The molecule has 0 aromatic heterocycles. The first kappa shape index (κ1) is 18.3. The molecule has 0 unspecified atom stereocenters. The summed E-state index contributed by atoms with van der Waals surface area (Å²) in [7, 11) is 0. The van der Waals surface area contributed by atoms with E-state index in [1.807, 2.05) is 0 Å². The zero-order valence-electron chi connectivity index (χ0n) is 12.4. The van der Waals surface area contributed by atoms with Crippen LogP contribution in [0.5, 0.6) is 0 Å². The van der Waals surface area contributed by atoms with Crippen LogP contribution in [0.1, 0.15) is 45.4 Å². The zero-order valence-corrected chi connectivity index (χ0v) is 12.4.